The van der Waals surface area contributed by atoms with Gasteiger partial charge >= 0.3 is 5.97 Å². The van der Waals surface area contributed by atoms with Crippen molar-refractivity contribution >= 4 is 5.97 Å². The minimum atomic E-state index is -0.769. The summed E-state index contributed by atoms with van der Waals surface area (Å²) in [5, 5.41) is 32.7. The van der Waals surface area contributed by atoms with Crippen molar-refractivity contribution in [2.75, 3.05) is 0 Å². The van der Waals surface area contributed by atoms with Crippen LogP contribution in [0.5, 0.6) is 0 Å². The Balaban J connectivity index is 1.71. The van der Waals surface area contributed by atoms with Gasteiger partial charge in [0.25, 0.3) is 0 Å². The molecule has 0 radical (unpaired) electrons. The van der Waals surface area contributed by atoms with Gasteiger partial charge < -0.3 is 15.3 Å². The van der Waals surface area contributed by atoms with Crippen LogP contribution in [0.15, 0.2) is 23.3 Å². The zero-order valence-corrected chi connectivity index (χ0v) is 23.3. The molecule has 2 saturated carbocycles. The van der Waals surface area contributed by atoms with E-state index >= 15 is 0 Å². The topological polar surface area (TPSA) is 77.8 Å². The summed E-state index contributed by atoms with van der Waals surface area (Å²) in [6, 6.07) is 0. The predicted molar refractivity (Wildman–Crippen MR) is 141 cm³/mol. The molecule has 4 aliphatic carbocycles. The molecule has 0 unspecified atom stereocenters. The van der Waals surface area contributed by atoms with E-state index in [1.807, 2.05) is 0 Å². The summed E-state index contributed by atoms with van der Waals surface area (Å²) in [5.41, 5.74) is 3.78. The van der Waals surface area contributed by atoms with Crippen molar-refractivity contribution in [1.29, 1.82) is 0 Å². The highest BCUT2D eigenvalue weighted by molar-refractivity contribution is 5.71. The molecule has 8 atom stereocenters. The maximum Gasteiger partial charge on any atom is 0.306 e. The Kier molecular flexibility index (Phi) is 6.71. The molecule has 4 aliphatic rings. The van der Waals surface area contributed by atoms with E-state index in [4.69, 9.17) is 0 Å². The molecule has 4 rings (SSSR count). The lowest BCUT2D eigenvalue weighted by Gasteiger charge is -2.62. The van der Waals surface area contributed by atoms with Crippen molar-refractivity contribution in [3.8, 4) is 0 Å². The van der Waals surface area contributed by atoms with Gasteiger partial charge in [-0.1, -0.05) is 71.8 Å². The Morgan fingerprint density at radius 1 is 1.03 bits per heavy atom. The fourth-order valence-electron chi connectivity index (χ4n) is 9.58. The minimum Gasteiger partial charge on any atom is -0.481 e. The van der Waals surface area contributed by atoms with Gasteiger partial charge in [-0.15, -0.1) is 0 Å². The summed E-state index contributed by atoms with van der Waals surface area (Å²) in [5.74, 6) is -0.759. The van der Waals surface area contributed by atoms with Crippen molar-refractivity contribution in [2.24, 2.45) is 45.3 Å². The number of carbonyl (C=O) groups is 1. The second kappa shape index (κ2) is 8.72. The van der Waals surface area contributed by atoms with Crippen LogP contribution in [0.2, 0.25) is 0 Å². The first kappa shape index (κ1) is 26.9. The van der Waals surface area contributed by atoms with Crippen LogP contribution >= 0.6 is 0 Å². The van der Waals surface area contributed by atoms with Crippen LogP contribution in [0.3, 0.4) is 0 Å². The summed E-state index contributed by atoms with van der Waals surface area (Å²) in [6.45, 7) is 20.0. The maximum atomic E-state index is 12.6. The Morgan fingerprint density at radius 3 is 2.29 bits per heavy atom. The first-order chi connectivity index (χ1) is 16.1. The van der Waals surface area contributed by atoms with E-state index in [1.54, 1.807) is 5.57 Å². The van der Waals surface area contributed by atoms with Gasteiger partial charge in [0, 0.05) is 5.92 Å². The number of rotatable bonds is 6. The smallest absolute Gasteiger partial charge is 0.306 e. The van der Waals surface area contributed by atoms with E-state index in [0.29, 0.717) is 31.1 Å². The lowest BCUT2D eigenvalue weighted by Crippen LogP contribution is -2.55. The second-order valence-corrected chi connectivity index (χ2v) is 14.2. The average molecular weight is 487 g/mol. The first-order valence-corrected chi connectivity index (χ1v) is 14.1. The molecule has 0 aromatic rings. The zero-order valence-electron chi connectivity index (χ0n) is 23.3. The van der Waals surface area contributed by atoms with E-state index in [-0.39, 0.29) is 33.7 Å². The summed E-state index contributed by atoms with van der Waals surface area (Å²) in [4.78, 5) is 12.6. The predicted octanol–water partition coefficient (Wildman–Crippen LogP) is 6.76. The number of aliphatic hydroxyl groups excluding tert-OH is 2. The number of hydrogen-bond donors (Lipinski definition) is 3. The normalized spacial score (nSPS) is 43.4. The molecule has 2 fully saturated rings. The number of fused-ring (bicyclic) bond motifs is 4. The molecule has 198 valence electrons. The molecule has 3 N–H and O–H groups in total. The van der Waals surface area contributed by atoms with Gasteiger partial charge in [-0.25, -0.2) is 0 Å². The lowest BCUT2D eigenvalue weighted by atomic mass is 9.43. The molecule has 4 heteroatoms. The number of carboxylic acids is 1. The summed E-state index contributed by atoms with van der Waals surface area (Å²) < 4.78 is 0. The summed E-state index contributed by atoms with van der Waals surface area (Å²) in [6.07, 6.45) is 6.95. The van der Waals surface area contributed by atoms with Crippen molar-refractivity contribution < 1.29 is 20.1 Å². The number of hydrogen-bond acceptors (Lipinski definition) is 3. The molecule has 0 spiro atoms. The molecular formula is C31H50O4. The van der Waals surface area contributed by atoms with Crippen LogP contribution in [-0.2, 0) is 4.79 Å². The molecule has 0 amide bonds. The molecule has 0 aromatic heterocycles. The molecule has 0 aliphatic heterocycles. The molecule has 0 saturated heterocycles. The fourth-order valence-corrected chi connectivity index (χ4v) is 9.58. The molecular weight excluding hydrogens is 436 g/mol. The van der Waals surface area contributed by atoms with Gasteiger partial charge in [0.2, 0.25) is 0 Å². The minimum absolute atomic E-state index is 0.0882. The number of carboxylic acid groups (broad SMARTS) is 1. The van der Waals surface area contributed by atoms with Crippen LogP contribution in [-0.4, -0.2) is 33.5 Å². The van der Waals surface area contributed by atoms with E-state index in [0.717, 1.165) is 44.1 Å². The third kappa shape index (κ3) is 3.79. The Hall–Kier alpha value is -1.13. The summed E-state index contributed by atoms with van der Waals surface area (Å²) >= 11 is 0. The zero-order chi connectivity index (χ0) is 26.1. The van der Waals surface area contributed by atoms with Crippen molar-refractivity contribution in [3.63, 3.8) is 0 Å². The largest absolute Gasteiger partial charge is 0.481 e. The maximum absolute atomic E-state index is 12.6. The van der Waals surface area contributed by atoms with Gasteiger partial charge in [-0.3, -0.25) is 4.79 Å². The number of allylic oxidation sites excluding steroid dienone is 3. The van der Waals surface area contributed by atoms with Crippen LogP contribution in [0.25, 0.3) is 0 Å². The highest BCUT2D eigenvalue weighted by Crippen LogP contribution is 2.72. The van der Waals surface area contributed by atoms with Crippen molar-refractivity contribution in [3.05, 3.63) is 23.3 Å². The fraction of sp³-hybridized carbons (Fsp3) is 0.839. The van der Waals surface area contributed by atoms with Gasteiger partial charge in [0.1, 0.15) is 0 Å². The van der Waals surface area contributed by atoms with Crippen LogP contribution in [0.4, 0.5) is 0 Å². The third-order valence-corrected chi connectivity index (χ3v) is 12.1. The standard InChI is InChI=1S/C31H50O4/c1-18(2)19(3)9-10-20(27(34)35)26-23(32)17-31(8)22-11-12-24-28(4,5)25(33)14-15-29(24,6)21(22)13-16-30(26,31)7/h18,20,23-26,32-33H,3,9-17H2,1-2,4-8H3,(H,34,35)/t20-,23-,24+,25+,26+,29-,30-,31+/m1/s1. The first-order valence-electron chi connectivity index (χ1n) is 14.1. The van der Waals surface area contributed by atoms with Gasteiger partial charge in [-0.2, -0.15) is 0 Å². The summed E-state index contributed by atoms with van der Waals surface area (Å²) in [7, 11) is 0. The SMILES string of the molecule is C=C(CC[C@@H](C(=O)O)[C@H]1[C@H](O)C[C@@]2(C)C3=C(CC[C@]12C)[C@@]1(C)CC[C@H](O)C(C)(C)[C@@H]1CC3)C(C)C. The Morgan fingerprint density at radius 2 is 1.69 bits per heavy atom. The second-order valence-electron chi connectivity index (χ2n) is 14.2. The quantitative estimate of drug-likeness (QED) is 0.362. The van der Waals surface area contributed by atoms with Crippen LogP contribution in [0.1, 0.15) is 106 Å². The van der Waals surface area contributed by atoms with Crippen molar-refractivity contribution in [1.82, 2.24) is 0 Å². The average Bonchev–Trinajstić information content (AvgIpc) is 2.97. The molecule has 35 heavy (non-hydrogen) atoms. The lowest BCUT2D eigenvalue weighted by molar-refractivity contribution is -0.149. The molecule has 0 heterocycles. The number of aliphatic carboxylic acids is 1. The molecule has 0 aromatic carbocycles. The Bertz CT molecular complexity index is 915. The monoisotopic (exact) mass is 486 g/mol. The van der Waals surface area contributed by atoms with Crippen LogP contribution < -0.4 is 0 Å². The third-order valence-electron chi connectivity index (χ3n) is 12.1. The molecule has 0 bridgehead atoms. The van der Waals surface area contributed by atoms with Gasteiger partial charge in [0.05, 0.1) is 18.1 Å². The van der Waals surface area contributed by atoms with Crippen LogP contribution in [0, 0.1) is 45.3 Å². The highest BCUT2D eigenvalue weighted by Gasteiger charge is 2.66. The van der Waals surface area contributed by atoms with E-state index < -0.39 is 18.0 Å². The van der Waals surface area contributed by atoms with Gasteiger partial charge in [-0.05, 0) is 91.3 Å². The van der Waals surface area contributed by atoms with Gasteiger partial charge in [0.15, 0.2) is 0 Å². The highest BCUT2D eigenvalue weighted by atomic mass is 16.4. The Labute approximate surface area is 213 Å². The van der Waals surface area contributed by atoms with E-state index in [2.05, 4.69) is 55.0 Å². The number of aliphatic hydroxyl groups is 2. The van der Waals surface area contributed by atoms with E-state index in [9.17, 15) is 20.1 Å². The van der Waals surface area contributed by atoms with Crippen molar-refractivity contribution in [2.45, 2.75) is 118 Å². The van der Waals surface area contributed by atoms with E-state index in [1.165, 1.54) is 5.57 Å². The molecule has 4 nitrogen and oxygen atoms in total.